The number of hydrogen-bond acceptors (Lipinski definition) is 5. The number of benzene rings is 1. The lowest BCUT2D eigenvalue weighted by molar-refractivity contribution is -0.116. The molecule has 0 aliphatic heterocycles. The number of fused-ring (bicyclic) bond motifs is 3. The largest absolute Gasteiger partial charge is 0.323 e. The van der Waals surface area contributed by atoms with E-state index < -0.39 is 0 Å². The Balaban J connectivity index is 1.73. The molecule has 1 aliphatic carbocycles. The van der Waals surface area contributed by atoms with Crippen molar-refractivity contribution >= 4 is 56.3 Å². The van der Waals surface area contributed by atoms with Gasteiger partial charge in [0.05, 0.1) is 22.6 Å². The molecule has 0 fully saturated rings. The van der Waals surface area contributed by atoms with Gasteiger partial charge in [0, 0.05) is 9.90 Å². The van der Waals surface area contributed by atoms with Crippen LogP contribution in [0.3, 0.4) is 0 Å². The molecule has 1 N–H and O–H groups in total. The summed E-state index contributed by atoms with van der Waals surface area (Å²) in [7, 11) is 3.82. The summed E-state index contributed by atoms with van der Waals surface area (Å²) in [4.78, 5) is 35.0. The first-order valence-electron chi connectivity index (χ1n) is 9.77. The molecule has 2 heterocycles. The number of carbonyl (C=O) groups is 1. The maximum absolute atomic E-state index is 13.5. The van der Waals surface area contributed by atoms with E-state index in [0.29, 0.717) is 33.5 Å². The molecule has 0 atom stereocenters. The SMILES string of the molecule is CN(C)Cc1nc2sc3c(c2c(=O)n1CC(=O)Nc1ccc(Cl)cc1Cl)CCCC3. The van der Waals surface area contributed by atoms with E-state index in [1.54, 1.807) is 29.5 Å². The Bertz CT molecular complexity index is 1190. The first kappa shape index (κ1) is 21.3. The number of thiophene rings is 1. The number of aryl methyl sites for hydroxylation is 2. The lowest BCUT2D eigenvalue weighted by atomic mass is 9.97. The first-order chi connectivity index (χ1) is 14.3. The van der Waals surface area contributed by atoms with E-state index in [0.717, 1.165) is 36.1 Å². The van der Waals surface area contributed by atoms with Gasteiger partial charge in [-0.1, -0.05) is 23.2 Å². The molecule has 30 heavy (non-hydrogen) atoms. The van der Waals surface area contributed by atoms with Gasteiger partial charge in [0.15, 0.2) is 0 Å². The number of halogens is 2. The molecular formula is C21H22Cl2N4O2S. The topological polar surface area (TPSA) is 67.2 Å². The lowest BCUT2D eigenvalue weighted by Gasteiger charge is -2.16. The molecule has 1 aliphatic rings. The van der Waals surface area contributed by atoms with Crippen LogP contribution in [0.4, 0.5) is 5.69 Å². The Labute approximate surface area is 188 Å². The molecule has 9 heteroatoms. The lowest BCUT2D eigenvalue weighted by Crippen LogP contribution is -2.33. The Hall–Kier alpha value is -1.93. The van der Waals surface area contributed by atoms with Crippen molar-refractivity contribution in [2.45, 2.75) is 38.8 Å². The van der Waals surface area contributed by atoms with Gasteiger partial charge >= 0.3 is 0 Å². The molecule has 4 rings (SSSR count). The highest BCUT2D eigenvalue weighted by molar-refractivity contribution is 7.18. The number of hydrogen-bond donors (Lipinski definition) is 1. The standard InChI is InChI=1S/C21H22Cl2N4O2S/c1-26(2)10-17-25-20-19(13-5-3-4-6-16(13)30-20)21(29)27(17)11-18(28)24-15-8-7-12(22)9-14(15)23/h7-9H,3-6,10-11H2,1-2H3,(H,24,28). The third kappa shape index (κ3) is 4.25. The van der Waals surface area contributed by atoms with E-state index in [4.69, 9.17) is 28.2 Å². The minimum atomic E-state index is -0.341. The number of nitrogens with zero attached hydrogens (tertiary/aromatic N) is 3. The van der Waals surface area contributed by atoms with Gasteiger partial charge < -0.3 is 10.2 Å². The van der Waals surface area contributed by atoms with E-state index >= 15 is 0 Å². The second-order valence-corrected chi connectivity index (χ2v) is 9.65. The monoisotopic (exact) mass is 464 g/mol. The van der Waals surface area contributed by atoms with Crippen molar-refractivity contribution in [3.8, 4) is 0 Å². The molecule has 0 bridgehead atoms. The number of rotatable bonds is 5. The zero-order valence-electron chi connectivity index (χ0n) is 16.8. The van der Waals surface area contributed by atoms with Crippen LogP contribution in [0, 0.1) is 0 Å². The average Bonchev–Trinajstić information content (AvgIpc) is 3.05. The van der Waals surface area contributed by atoms with Gasteiger partial charge in [0.2, 0.25) is 5.91 Å². The Kier molecular flexibility index (Phi) is 6.16. The highest BCUT2D eigenvalue weighted by atomic mass is 35.5. The quantitative estimate of drug-likeness (QED) is 0.609. The van der Waals surface area contributed by atoms with Crippen LogP contribution in [0.1, 0.15) is 29.1 Å². The minimum Gasteiger partial charge on any atom is -0.323 e. The van der Waals surface area contributed by atoms with E-state index in [2.05, 4.69) is 5.32 Å². The molecule has 0 saturated heterocycles. The number of carbonyl (C=O) groups excluding carboxylic acids is 1. The van der Waals surface area contributed by atoms with Crippen LogP contribution in [0.15, 0.2) is 23.0 Å². The molecule has 0 saturated carbocycles. The predicted octanol–water partition coefficient (Wildman–Crippen LogP) is 4.34. The van der Waals surface area contributed by atoms with Crippen LogP contribution < -0.4 is 10.9 Å². The van der Waals surface area contributed by atoms with E-state index in [-0.39, 0.29) is 18.0 Å². The summed E-state index contributed by atoms with van der Waals surface area (Å²) in [6.45, 7) is 0.331. The maximum atomic E-state index is 13.5. The van der Waals surface area contributed by atoms with Gasteiger partial charge in [-0.05, 0) is 63.5 Å². The number of nitrogens with one attached hydrogen (secondary N) is 1. The molecule has 2 aromatic heterocycles. The van der Waals surface area contributed by atoms with Crippen molar-refractivity contribution in [1.29, 1.82) is 0 Å². The Morgan fingerprint density at radius 1 is 1.27 bits per heavy atom. The van der Waals surface area contributed by atoms with Crippen LogP contribution in [0.5, 0.6) is 0 Å². The Morgan fingerprint density at radius 3 is 2.77 bits per heavy atom. The fourth-order valence-electron chi connectivity index (χ4n) is 3.77. The fraction of sp³-hybridized carbons (Fsp3) is 0.381. The van der Waals surface area contributed by atoms with Crippen LogP contribution in [0.25, 0.3) is 10.2 Å². The summed E-state index contributed by atoms with van der Waals surface area (Å²) in [5.41, 5.74) is 1.42. The number of aromatic nitrogens is 2. The van der Waals surface area contributed by atoms with Crippen LogP contribution in [0.2, 0.25) is 10.0 Å². The van der Waals surface area contributed by atoms with Crippen LogP contribution in [-0.4, -0.2) is 34.5 Å². The van der Waals surface area contributed by atoms with Gasteiger partial charge in [-0.15, -0.1) is 11.3 Å². The van der Waals surface area contributed by atoms with Crippen molar-refractivity contribution < 1.29 is 4.79 Å². The van der Waals surface area contributed by atoms with Gasteiger partial charge in [0.1, 0.15) is 17.2 Å². The van der Waals surface area contributed by atoms with Gasteiger partial charge in [-0.2, -0.15) is 0 Å². The second kappa shape index (κ2) is 8.67. The third-order valence-corrected chi connectivity index (χ3v) is 6.85. The summed E-state index contributed by atoms with van der Waals surface area (Å²) in [5.74, 6) is 0.236. The highest BCUT2D eigenvalue weighted by Crippen LogP contribution is 2.34. The Morgan fingerprint density at radius 2 is 2.03 bits per heavy atom. The van der Waals surface area contributed by atoms with Crippen LogP contribution in [-0.2, 0) is 30.7 Å². The van der Waals surface area contributed by atoms with E-state index in [1.165, 1.54) is 9.44 Å². The molecule has 3 aromatic rings. The average molecular weight is 465 g/mol. The molecule has 158 valence electrons. The van der Waals surface area contributed by atoms with Crippen molar-refractivity contribution in [2.24, 2.45) is 0 Å². The molecule has 0 spiro atoms. The third-order valence-electron chi connectivity index (χ3n) is 5.12. The second-order valence-electron chi connectivity index (χ2n) is 7.72. The molecular weight excluding hydrogens is 443 g/mol. The van der Waals surface area contributed by atoms with E-state index in [1.807, 2.05) is 19.0 Å². The summed E-state index contributed by atoms with van der Waals surface area (Å²) in [5, 5.41) is 4.28. The summed E-state index contributed by atoms with van der Waals surface area (Å²) >= 11 is 13.7. The molecule has 6 nitrogen and oxygen atoms in total. The predicted molar refractivity (Wildman–Crippen MR) is 123 cm³/mol. The summed E-state index contributed by atoms with van der Waals surface area (Å²) in [6.07, 6.45) is 4.11. The van der Waals surface area contributed by atoms with Crippen molar-refractivity contribution in [2.75, 3.05) is 19.4 Å². The van der Waals surface area contributed by atoms with Crippen molar-refractivity contribution in [3.63, 3.8) is 0 Å². The minimum absolute atomic E-state index is 0.130. The number of anilines is 1. The zero-order valence-corrected chi connectivity index (χ0v) is 19.1. The van der Waals surface area contributed by atoms with Crippen molar-refractivity contribution in [3.05, 3.63) is 54.9 Å². The maximum Gasteiger partial charge on any atom is 0.263 e. The normalized spacial score (nSPS) is 13.6. The van der Waals surface area contributed by atoms with Gasteiger partial charge in [0.25, 0.3) is 5.56 Å². The number of amides is 1. The van der Waals surface area contributed by atoms with Crippen LogP contribution >= 0.6 is 34.5 Å². The molecule has 1 amide bonds. The molecule has 0 radical (unpaired) electrons. The van der Waals surface area contributed by atoms with E-state index in [9.17, 15) is 9.59 Å². The highest BCUT2D eigenvalue weighted by Gasteiger charge is 2.23. The smallest absolute Gasteiger partial charge is 0.263 e. The molecule has 0 unspecified atom stereocenters. The summed E-state index contributed by atoms with van der Waals surface area (Å²) < 4.78 is 1.49. The molecule has 1 aromatic carbocycles. The van der Waals surface area contributed by atoms with Gasteiger partial charge in [-0.25, -0.2) is 4.98 Å². The first-order valence-corrected chi connectivity index (χ1v) is 11.3. The zero-order chi connectivity index (χ0) is 21.4. The summed E-state index contributed by atoms with van der Waals surface area (Å²) in [6, 6.07) is 4.86. The van der Waals surface area contributed by atoms with Gasteiger partial charge in [-0.3, -0.25) is 14.2 Å². The fourth-order valence-corrected chi connectivity index (χ4v) is 5.50. The van der Waals surface area contributed by atoms with Crippen molar-refractivity contribution in [1.82, 2.24) is 14.5 Å².